The second-order valence-corrected chi connectivity index (χ2v) is 12.5. The number of aliphatic hydroxyl groups is 1. The summed E-state index contributed by atoms with van der Waals surface area (Å²) in [6, 6.07) is 0. The number of hydrogen-bond acceptors (Lipinski definition) is 3. The number of aliphatic hydroxyl groups excluding tert-OH is 1. The van der Waals surface area contributed by atoms with Gasteiger partial charge >= 0.3 is 0 Å². The minimum Gasteiger partial charge on any atom is -0.396 e. The van der Waals surface area contributed by atoms with Gasteiger partial charge in [-0.1, -0.05) is 46.8 Å². The standard InChI is InChI=1S/C26H40O2.C3H4O/c1-17-18-9-13-25(4)22(23(18,2)12-10-21(17)28)8-7-19-20-6-5-11-26(20,16-27)15-14-24(19,25)3;1-2-3-4/h10,12,17-20,22,27H,5-9,11,13-16H2,1-4H3;2-3H,1H2/t17?,18?,19?,20?,22?,23?,24-,25?,26?;/m1./s1. The van der Waals surface area contributed by atoms with E-state index in [0.29, 0.717) is 41.3 Å². The molecule has 5 rings (SSSR count). The Kier molecular flexibility index (Phi) is 6.14. The lowest BCUT2D eigenvalue weighted by atomic mass is 9.34. The fourth-order valence-electron chi connectivity index (χ4n) is 9.93. The number of carbonyl (C=O) groups excluding carboxylic acids is 2. The predicted molar refractivity (Wildman–Crippen MR) is 129 cm³/mol. The normalized spacial score (nSPS) is 51.3. The van der Waals surface area contributed by atoms with Gasteiger partial charge in [-0.3, -0.25) is 9.59 Å². The van der Waals surface area contributed by atoms with Gasteiger partial charge in [-0.2, -0.15) is 0 Å². The maximum atomic E-state index is 12.4. The Morgan fingerprint density at radius 1 is 1.00 bits per heavy atom. The summed E-state index contributed by atoms with van der Waals surface area (Å²) in [7, 11) is 0. The fraction of sp³-hybridized carbons (Fsp3) is 0.793. The lowest BCUT2D eigenvalue weighted by Gasteiger charge is -2.70. The van der Waals surface area contributed by atoms with Crippen LogP contribution in [0.25, 0.3) is 0 Å². The topological polar surface area (TPSA) is 54.4 Å². The van der Waals surface area contributed by atoms with Crippen molar-refractivity contribution in [2.75, 3.05) is 6.61 Å². The van der Waals surface area contributed by atoms with Crippen LogP contribution < -0.4 is 0 Å². The largest absolute Gasteiger partial charge is 0.396 e. The monoisotopic (exact) mass is 440 g/mol. The summed E-state index contributed by atoms with van der Waals surface area (Å²) < 4.78 is 0. The van der Waals surface area contributed by atoms with E-state index in [1.807, 2.05) is 6.08 Å². The number of hydrogen-bond donors (Lipinski definition) is 1. The van der Waals surface area contributed by atoms with Crippen LogP contribution in [0, 0.1) is 51.2 Å². The van der Waals surface area contributed by atoms with E-state index in [4.69, 9.17) is 4.79 Å². The minimum absolute atomic E-state index is 0.176. The molecule has 4 fully saturated rings. The zero-order valence-electron chi connectivity index (χ0n) is 20.7. The number of ketones is 1. The second-order valence-electron chi connectivity index (χ2n) is 12.5. The van der Waals surface area contributed by atoms with Gasteiger partial charge in [0.05, 0.1) is 0 Å². The summed E-state index contributed by atoms with van der Waals surface area (Å²) in [6.45, 7) is 13.4. The van der Waals surface area contributed by atoms with Crippen LogP contribution in [0.15, 0.2) is 24.8 Å². The van der Waals surface area contributed by atoms with Crippen molar-refractivity contribution in [2.45, 2.75) is 85.5 Å². The quantitative estimate of drug-likeness (QED) is 0.413. The molecule has 0 saturated heterocycles. The van der Waals surface area contributed by atoms with Gasteiger partial charge in [0, 0.05) is 12.5 Å². The van der Waals surface area contributed by atoms with E-state index in [0.717, 1.165) is 11.8 Å². The molecule has 8 unspecified atom stereocenters. The lowest BCUT2D eigenvalue weighted by molar-refractivity contribution is -0.213. The summed E-state index contributed by atoms with van der Waals surface area (Å²) in [5, 5.41) is 10.3. The molecule has 5 aliphatic carbocycles. The van der Waals surface area contributed by atoms with E-state index < -0.39 is 0 Å². The number of carbonyl (C=O) groups is 2. The molecule has 0 amide bonds. The molecule has 9 atom stereocenters. The molecule has 0 heterocycles. The second kappa shape index (κ2) is 8.22. The SMILES string of the molecule is C=CC=O.CC1C(=O)C=CC2(C)C1CCC1(C)C2CCC2C3CCCC3(CO)CC[C@]21C. The summed E-state index contributed by atoms with van der Waals surface area (Å²) in [5.41, 5.74) is 1.15. The molecule has 5 aliphatic rings. The van der Waals surface area contributed by atoms with E-state index in [2.05, 4.69) is 40.3 Å². The van der Waals surface area contributed by atoms with Gasteiger partial charge in [0.2, 0.25) is 0 Å². The van der Waals surface area contributed by atoms with Gasteiger partial charge in [-0.15, -0.1) is 0 Å². The van der Waals surface area contributed by atoms with Crippen molar-refractivity contribution in [3.63, 3.8) is 0 Å². The first kappa shape index (κ1) is 23.9. The summed E-state index contributed by atoms with van der Waals surface area (Å²) >= 11 is 0. The van der Waals surface area contributed by atoms with Gasteiger partial charge in [0.25, 0.3) is 0 Å². The zero-order chi connectivity index (χ0) is 23.4. The van der Waals surface area contributed by atoms with Crippen LogP contribution in [0.5, 0.6) is 0 Å². The Hall–Kier alpha value is -1.22. The first-order valence-corrected chi connectivity index (χ1v) is 13.0. The highest BCUT2D eigenvalue weighted by Crippen LogP contribution is 2.75. The van der Waals surface area contributed by atoms with E-state index in [1.54, 1.807) is 0 Å². The van der Waals surface area contributed by atoms with Gasteiger partial charge in [0.15, 0.2) is 5.78 Å². The highest BCUT2D eigenvalue weighted by atomic mass is 16.3. The van der Waals surface area contributed by atoms with Crippen LogP contribution in [-0.2, 0) is 9.59 Å². The molecule has 0 bridgehead atoms. The maximum Gasteiger partial charge on any atom is 0.158 e. The van der Waals surface area contributed by atoms with Crippen LogP contribution in [0.1, 0.15) is 85.5 Å². The first-order valence-electron chi connectivity index (χ1n) is 13.0. The first-order chi connectivity index (χ1) is 15.1. The highest BCUT2D eigenvalue weighted by Gasteiger charge is 2.68. The number of allylic oxidation sites excluding steroid dienone is 3. The lowest BCUT2D eigenvalue weighted by Crippen LogP contribution is -2.64. The molecule has 0 radical (unpaired) electrons. The van der Waals surface area contributed by atoms with E-state index in [1.165, 1.54) is 63.9 Å². The third kappa shape index (κ3) is 3.09. The van der Waals surface area contributed by atoms with E-state index in [9.17, 15) is 9.90 Å². The molecule has 0 aromatic heterocycles. The highest BCUT2D eigenvalue weighted by molar-refractivity contribution is 5.93. The Balaban J connectivity index is 0.000000567. The predicted octanol–water partition coefficient (Wildman–Crippen LogP) is 6.16. The van der Waals surface area contributed by atoms with Crippen molar-refractivity contribution in [2.24, 2.45) is 51.2 Å². The summed E-state index contributed by atoms with van der Waals surface area (Å²) in [5.74, 6) is 3.27. The Bertz CT molecular complexity index is 794. The summed E-state index contributed by atoms with van der Waals surface area (Å²) in [4.78, 5) is 21.5. The molecule has 0 aliphatic heterocycles. The molecule has 0 spiro atoms. The van der Waals surface area contributed by atoms with Crippen molar-refractivity contribution in [1.82, 2.24) is 0 Å². The summed E-state index contributed by atoms with van der Waals surface area (Å²) in [6.07, 6.45) is 17.7. The van der Waals surface area contributed by atoms with Gasteiger partial charge in [0.1, 0.15) is 6.29 Å². The van der Waals surface area contributed by atoms with Crippen LogP contribution in [-0.4, -0.2) is 23.8 Å². The van der Waals surface area contributed by atoms with Crippen molar-refractivity contribution in [1.29, 1.82) is 0 Å². The molecular formula is C29H44O3. The molecule has 178 valence electrons. The smallest absolute Gasteiger partial charge is 0.158 e. The van der Waals surface area contributed by atoms with E-state index in [-0.39, 0.29) is 16.7 Å². The molecule has 1 N–H and O–H groups in total. The average molecular weight is 441 g/mol. The zero-order valence-corrected chi connectivity index (χ0v) is 20.7. The fourth-order valence-corrected chi connectivity index (χ4v) is 9.93. The minimum atomic E-state index is 0.176. The van der Waals surface area contributed by atoms with Crippen LogP contribution in [0.3, 0.4) is 0 Å². The Morgan fingerprint density at radius 2 is 1.72 bits per heavy atom. The maximum absolute atomic E-state index is 12.4. The van der Waals surface area contributed by atoms with Gasteiger partial charge < -0.3 is 5.11 Å². The Labute approximate surface area is 195 Å². The third-order valence-electron chi connectivity index (χ3n) is 11.9. The number of aldehydes is 1. The molecular weight excluding hydrogens is 396 g/mol. The van der Waals surface area contributed by atoms with Crippen molar-refractivity contribution in [3.05, 3.63) is 24.8 Å². The van der Waals surface area contributed by atoms with Gasteiger partial charge in [-0.05, 0) is 109 Å². The third-order valence-corrected chi connectivity index (χ3v) is 11.9. The molecule has 4 saturated carbocycles. The molecule has 32 heavy (non-hydrogen) atoms. The average Bonchev–Trinajstić information content (AvgIpc) is 3.22. The molecule has 0 aromatic rings. The van der Waals surface area contributed by atoms with Crippen molar-refractivity contribution >= 4 is 12.1 Å². The number of rotatable bonds is 2. The van der Waals surface area contributed by atoms with Crippen molar-refractivity contribution in [3.8, 4) is 0 Å². The van der Waals surface area contributed by atoms with Crippen LogP contribution in [0.2, 0.25) is 0 Å². The Morgan fingerprint density at radius 3 is 2.38 bits per heavy atom. The molecule has 0 aromatic carbocycles. The molecule has 3 nitrogen and oxygen atoms in total. The molecule has 3 heteroatoms. The number of fused-ring (bicyclic) bond motifs is 7. The van der Waals surface area contributed by atoms with Crippen LogP contribution >= 0.6 is 0 Å². The van der Waals surface area contributed by atoms with Crippen LogP contribution in [0.4, 0.5) is 0 Å². The van der Waals surface area contributed by atoms with E-state index >= 15 is 0 Å². The van der Waals surface area contributed by atoms with Gasteiger partial charge in [-0.25, -0.2) is 0 Å². The van der Waals surface area contributed by atoms with Crippen molar-refractivity contribution < 1.29 is 14.7 Å².